The van der Waals surface area contributed by atoms with E-state index in [9.17, 15) is 8.78 Å². The maximum Gasteiger partial charge on any atom is 0.183 e. The van der Waals surface area contributed by atoms with Crippen LogP contribution in [0.3, 0.4) is 0 Å². The van der Waals surface area contributed by atoms with Crippen molar-refractivity contribution in [1.82, 2.24) is 0 Å². The molecule has 2 aromatic carbocycles. The molecule has 206 valence electrons. The van der Waals surface area contributed by atoms with Gasteiger partial charge in [0.1, 0.15) is 0 Å². The van der Waals surface area contributed by atoms with Crippen LogP contribution >= 0.6 is 0 Å². The van der Waals surface area contributed by atoms with Crippen molar-refractivity contribution in [2.75, 3.05) is 13.2 Å². The van der Waals surface area contributed by atoms with Gasteiger partial charge in [-0.2, -0.15) is 0 Å². The maximum absolute atomic E-state index is 14.9. The third kappa shape index (κ3) is 9.80. The van der Waals surface area contributed by atoms with Gasteiger partial charge in [-0.25, -0.2) is 8.78 Å². The zero-order valence-corrected chi connectivity index (χ0v) is 23.2. The van der Waals surface area contributed by atoms with Crippen molar-refractivity contribution in [3.05, 3.63) is 59.2 Å². The summed E-state index contributed by atoms with van der Waals surface area (Å²) in [5, 5.41) is 0. The first-order chi connectivity index (χ1) is 18.1. The summed E-state index contributed by atoms with van der Waals surface area (Å²) in [6.07, 6.45) is 17.4. The molecule has 1 aliphatic rings. The van der Waals surface area contributed by atoms with Gasteiger partial charge in [0.15, 0.2) is 17.9 Å². The molecule has 0 aromatic heterocycles. The zero-order chi connectivity index (χ0) is 26.3. The Bertz CT molecular complexity index is 888. The number of aryl methyl sites for hydroxylation is 1. The van der Waals surface area contributed by atoms with Crippen molar-refractivity contribution in [2.24, 2.45) is 5.92 Å². The first kappa shape index (κ1) is 29.8. The van der Waals surface area contributed by atoms with E-state index >= 15 is 0 Å². The third-order valence-corrected chi connectivity index (χ3v) is 7.64. The van der Waals surface area contributed by atoms with E-state index < -0.39 is 11.6 Å². The van der Waals surface area contributed by atoms with Gasteiger partial charge >= 0.3 is 0 Å². The van der Waals surface area contributed by atoms with Gasteiger partial charge in [0.05, 0.1) is 13.2 Å². The summed E-state index contributed by atoms with van der Waals surface area (Å²) in [7, 11) is 0. The summed E-state index contributed by atoms with van der Waals surface area (Å²) in [4.78, 5) is 0. The van der Waals surface area contributed by atoms with Crippen LogP contribution in [0.15, 0.2) is 36.4 Å². The first-order valence-corrected chi connectivity index (χ1v) is 14.9. The highest BCUT2D eigenvalue weighted by molar-refractivity contribution is 5.65. The zero-order valence-electron chi connectivity index (χ0n) is 23.2. The molecule has 1 saturated heterocycles. The van der Waals surface area contributed by atoms with Gasteiger partial charge in [-0.1, -0.05) is 127 Å². The van der Waals surface area contributed by atoms with E-state index in [1.54, 1.807) is 12.1 Å². The summed E-state index contributed by atoms with van der Waals surface area (Å²) in [5.74, 6) is -1.01. The molecule has 37 heavy (non-hydrogen) atoms. The molecule has 0 unspecified atom stereocenters. The number of hydrogen-bond donors (Lipinski definition) is 0. The fourth-order valence-electron chi connectivity index (χ4n) is 5.21. The lowest BCUT2D eigenvalue weighted by Crippen LogP contribution is -2.27. The molecular weight excluding hydrogens is 466 g/mol. The number of rotatable bonds is 17. The average Bonchev–Trinajstić information content (AvgIpc) is 2.93. The van der Waals surface area contributed by atoms with Gasteiger partial charge in [-0.05, 0) is 30.4 Å². The second-order valence-corrected chi connectivity index (χ2v) is 10.8. The van der Waals surface area contributed by atoms with Crippen LogP contribution in [0.4, 0.5) is 8.78 Å². The highest BCUT2D eigenvalue weighted by Crippen LogP contribution is 2.31. The molecule has 1 fully saturated rings. The van der Waals surface area contributed by atoms with Crippen LogP contribution in [-0.2, 0) is 15.9 Å². The lowest BCUT2D eigenvalue weighted by atomic mass is 9.98. The largest absolute Gasteiger partial charge is 0.348 e. The second kappa shape index (κ2) is 16.9. The summed E-state index contributed by atoms with van der Waals surface area (Å²) in [6.45, 7) is 5.86. The standard InChI is InChI=1S/C33H48F2O2/c1-3-5-7-9-11-12-14-16-26-24-36-33(37-25-26)29-20-18-27(19-21-29)30-23-22-28(31(34)32(30)35)17-15-13-10-8-6-4-2/h18-23,26,33H,3-17,24-25H2,1-2H3. The average molecular weight is 515 g/mol. The Morgan fingerprint density at radius 1 is 0.649 bits per heavy atom. The van der Waals surface area contributed by atoms with E-state index in [-0.39, 0.29) is 6.29 Å². The Morgan fingerprint density at radius 2 is 1.22 bits per heavy atom. The Morgan fingerprint density at radius 3 is 1.84 bits per heavy atom. The fraction of sp³-hybridized carbons (Fsp3) is 0.636. The smallest absolute Gasteiger partial charge is 0.183 e. The Labute approximate surface area is 224 Å². The Kier molecular flexibility index (Phi) is 13.6. The minimum Gasteiger partial charge on any atom is -0.348 e. The Hall–Kier alpha value is -1.78. The molecule has 0 atom stereocenters. The summed E-state index contributed by atoms with van der Waals surface area (Å²) >= 11 is 0. The van der Waals surface area contributed by atoms with Crippen LogP contribution < -0.4 is 0 Å². The van der Waals surface area contributed by atoms with Crippen molar-refractivity contribution >= 4 is 0 Å². The van der Waals surface area contributed by atoms with Gasteiger partial charge in [0.2, 0.25) is 0 Å². The topological polar surface area (TPSA) is 18.5 Å². The van der Waals surface area contributed by atoms with Gasteiger partial charge in [-0.3, -0.25) is 0 Å². The molecule has 0 aliphatic carbocycles. The molecular formula is C33H48F2O2. The molecule has 0 radical (unpaired) electrons. The van der Waals surface area contributed by atoms with Crippen LogP contribution in [0.1, 0.15) is 121 Å². The van der Waals surface area contributed by atoms with Crippen molar-refractivity contribution in [2.45, 2.75) is 116 Å². The van der Waals surface area contributed by atoms with E-state index in [0.717, 1.165) is 31.2 Å². The van der Waals surface area contributed by atoms with Crippen molar-refractivity contribution in [1.29, 1.82) is 0 Å². The van der Waals surface area contributed by atoms with Gasteiger partial charge in [0, 0.05) is 17.0 Å². The fourth-order valence-corrected chi connectivity index (χ4v) is 5.21. The molecule has 2 nitrogen and oxygen atoms in total. The van der Waals surface area contributed by atoms with Gasteiger partial charge in [0.25, 0.3) is 0 Å². The molecule has 3 rings (SSSR count). The predicted molar refractivity (Wildman–Crippen MR) is 150 cm³/mol. The monoisotopic (exact) mass is 514 g/mol. The summed E-state index contributed by atoms with van der Waals surface area (Å²) in [5.41, 5.74) is 2.36. The second-order valence-electron chi connectivity index (χ2n) is 10.8. The van der Waals surface area contributed by atoms with Gasteiger partial charge in [-0.15, -0.1) is 0 Å². The van der Waals surface area contributed by atoms with Crippen LogP contribution in [0, 0.1) is 17.6 Å². The first-order valence-electron chi connectivity index (χ1n) is 14.9. The van der Waals surface area contributed by atoms with E-state index in [4.69, 9.17) is 9.47 Å². The van der Waals surface area contributed by atoms with E-state index in [0.29, 0.717) is 42.2 Å². The molecule has 1 heterocycles. The highest BCUT2D eigenvalue weighted by Gasteiger charge is 2.23. The van der Waals surface area contributed by atoms with Crippen LogP contribution in [0.2, 0.25) is 0 Å². The lowest BCUT2D eigenvalue weighted by molar-refractivity contribution is -0.206. The summed E-state index contributed by atoms with van der Waals surface area (Å²) < 4.78 is 41.7. The molecule has 1 aliphatic heterocycles. The van der Waals surface area contributed by atoms with Crippen LogP contribution in [0.5, 0.6) is 0 Å². The number of benzene rings is 2. The lowest BCUT2D eigenvalue weighted by Gasteiger charge is -2.29. The van der Waals surface area contributed by atoms with Crippen molar-refractivity contribution < 1.29 is 18.3 Å². The third-order valence-electron chi connectivity index (χ3n) is 7.64. The van der Waals surface area contributed by atoms with E-state index in [1.165, 1.54) is 64.2 Å². The maximum atomic E-state index is 14.9. The van der Waals surface area contributed by atoms with E-state index in [1.807, 2.05) is 24.3 Å². The molecule has 0 saturated carbocycles. The number of unbranched alkanes of at least 4 members (excludes halogenated alkanes) is 11. The molecule has 2 aromatic rings. The normalized spacial score (nSPS) is 17.8. The minimum absolute atomic E-state index is 0.302. The van der Waals surface area contributed by atoms with Crippen LogP contribution in [0.25, 0.3) is 11.1 Å². The van der Waals surface area contributed by atoms with Crippen LogP contribution in [-0.4, -0.2) is 13.2 Å². The molecule has 0 spiro atoms. The van der Waals surface area contributed by atoms with E-state index in [2.05, 4.69) is 13.8 Å². The number of ether oxygens (including phenoxy) is 2. The predicted octanol–water partition coefficient (Wildman–Crippen LogP) is 10.3. The quantitative estimate of drug-likeness (QED) is 0.195. The highest BCUT2D eigenvalue weighted by atomic mass is 19.2. The summed E-state index contributed by atoms with van der Waals surface area (Å²) in [6, 6.07) is 10.9. The number of hydrogen-bond acceptors (Lipinski definition) is 2. The number of halogens is 2. The molecule has 0 bridgehead atoms. The molecule has 0 amide bonds. The van der Waals surface area contributed by atoms with Crippen molar-refractivity contribution in [3.8, 4) is 11.1 Å². The molecule has 4 heteroatoms. The van der Waals surface area contributed by atoms with Gasteiger partial charge < -0.3 is 9.47 Å². The van der Waals surface area contributed by atoms with Crippen molar-refractivity contribution in [3.63, 3.8) is 0 Å². The molecule has 0 N–H and O–H groups in total. The SMILES string of the molecule is CCCCCCCCCC1COC(c2ccc(-c3ccc(CCCCCCCC)c(F)c3F)cc2)OC1. The Balaban J connectivity index is 1.44. The minimum atomic E-state index is -0.755.